The molecule has 0 aromatic carbocycles. The Kier molecular flexibility index (Phi) is 1.22. The molecule has 0 bridgehead atoms. The number of carbonyl (C=O) groups excluding carboxylic acids is 4. The Hall–Kier alpha value is -1.72. The van der Waals surface area contributed by atoms with Crippen molar-refractivity contribution in [1.29, 1.82) is 0 Å². The molecule has 0 aliphatic carbocycles. The number of hydrogen-bond donors (Lipinski definition) is 0. The highest BCUT2D eigenvalue weighted by Gasteiger charge is 2.36. The second-order valence-electron chi connectivity index (χ2n) is 1.35. The number of carbonyl (C=O) groups is 4. The second-order valence-corrected chi connectivity index (χ2v) is 1.35. The van der Waals surface area contributed by atoms with Crippen LogP contribution in [0.4, 0.5) is 0 Å². The van der Waals surface area contributed by atoms with E-state index in [4.69, 9.17) is 0 Å². The maximum Gasteiger partial charge on any atom is 0.426 e. The van der Waals surface area contributed by atoms with Crippen LogP contribution in [-0.4, -0.2) is 23.9 Å². The van der Waals surface area contributed by atoms with Gasteiger partial charge in [-0.05, 0) is 0 Å². The van der Waals surface area contributed by atoms with Crippen molar-refractivity contribution in [1.82, 2.24) is 0 Å². The van der Waals surface area contributed by atoms with Gasteiger partial charge in [-0.1, -0.05) is 0 Å². The number of rotatable bonds is 0. The minimum Gasteiger partial charge on any atom is -0.376 e. The van der Waals surface area contributed by atoms with Crippen molar-refractivity contribution < 1.29 is 28.7 Å². The van der Waals surface area contributed by atoms with Crippen LogP contribution < -0.4 is 0 Å². The molecule has 0 spiro atoms. The second kappa shape index (κ2) is 1.90. The van der Waals surface area contributed by atoms with Crippen LogP contribution in [0.3, 0.4) is 0 Å². The predicted molar refractivity (Wildman–Crippen MR) is 22.2 cm³/mol. The predicted octanol–water partition coefficient (Wildman–Crippen LogP) is -1.86. The van der Waals surface area contributed by atoms with E-state index in [0.717, 1.165) is 0 Å². The van der Waals surface area contributed by atoms with E-state index in [1.54, 1.807) is 0 Å². The van der Waals surface area contributed by atoms with Crippen LogP contribution in [0.2, 0.25) is 0 Å². The molecule has 1 aliphatic rings. The Balaban J connectivity index is 2.82. The van der Waals surface area contributed by atoms with Crippen molar-refractivity contribution in [3.8, 4) is 0 Å². The summed E-state index contributed by atoms with van der Waals surface area (Å²) in [6.45, 7) is 0. The van der Waals surface area contributed by atoms with Crippen LogP contribution in [0.15, 0.2) is 0 Å². The maximum atomic E-state index is 10.1. The van der Waals surface area contributed by atoms with E-state index in [1.165, 1.54) is 0 Å². The van der Waals surface area contributed by atoms with Crippen molar-refractivity contribution in [2.24, 2.45) is 0 Å². The van der Waals surface area contributed by atoms with Gasteiger partial charge in [0.1, 0.15) is 0 Å². The van der Waals surface area contributed by atoms with Gasteiger partial charge in [-0.15, -0.1) is 0 Å². The lowest BCUT2D eigenvalue weighted by atomic mass is 10.6. The summed E-state index contributed by atoms with van der Waals surface area (Å²) < 4.78 is 7.22. The SMILES string of the molecule is O=C1OC(=O)C(=O)OC1=O. The summed E-state index contributed by atoms with van der Waals surface area (Å²) in [5, 5.41) is 0. The van der Waals surface area contributed by atoms with Crippen LogP contribution in [-0.2, 0) is 28.7 Å². The highest BCUT2D eigenvalue weighted by molar-refractivity contribution is 6.46. The van der Waals surface area contributed by atoms with Crippen LogP contribution in [0, 0.1) is 0 Å². The summed E-state index contributed by atoms with van der Waals surface area (Å²) in [5.41, 5.74) is 0. The third-order valence-corrected chi connectivity index (χ3v) is 0.704. The summed E-state index contributed by atoms with van der Waals surface area (Å²) >= 11 is 0. The van der Waals surface area contributed by atoms with Gasteiger partial charge in [0.2, 0.25) is 0 Å². The molecule has 6 nitrogen and oxygen atoms in total. The molecule has 0 radical (unpaired) electrons. The Morgan fingerprint density at radius 2 is 0.800 bits per heavy atom. The molecule has 1 rings (SSSR count). The van der Waals surface area contributed by atoms with Gasteiger partial charge in [0.15, 0.2) is 0 Å². The zero-order chi connectivity index (χ0) is 7.72. The summed E-state index contributed by atoms with van der Waals surface area (Å²) in [6.07, 6.45) is 0. The molecule has 1 aliphatic heterocycles. The molecular formula is C4O6. The first-order chi connectivity index (χ1) is 4.61. The smallest absolute Gasteiger partial charge is 0.376 e. The van der Waals surface area contributed by atoms with Gasteiger partial charge < -0.3 is 9.47 Å². The highest BCUT2D eigenvalue weighted by Crippen LogP contribution is 1.96. The van der Waals surface area contributed by atoms with Crippen molar-refractivity contribution in [3.05, 3.63) is 0 Å². The van der Waals surface area contributed by atoms with Crippen molar-refractivity contribution in [2.45, 2.75) is 0 Å². The van der Waals surface area contributed by atoms with Crippen LogP contribution in [0.5, 0.6) is 0 Å². The van der Waals surface area contributed by atoms with Gasteiger partial charge in [-0.25, -0.2) is 19.2 Å². The van der Waals surface area contributed by atoms with E-state index in [1.807, 2.05) is 0 Å². The summed E-state index contributed by atoms with van der Waals surface area (Å²) in [6, 6.07) is 0. The fourth-order valence-corrected chi connectivity index (χ4v) is 0.335. The van der Waals surface area contributed by atoms with Gasteiger partial charge >= 0.3 is 23.9 Å². The fraction of sp³-hybridized carbons (Fsp3) is 0. The molecule has 0 unspecified atom stereocenters. The Morgan fingerprint density at radius 1 is 0.600 bits per heavy atom. The third-order valence-electron chi connectivity index (χ3n) is 0.704. The average molecular weight is 144 g/mol. The van der Waals surface area contributed by atoms with E-state index in [-0.39, 0.29) is 0 Å². The molecule has 52 valence electrons. The lowest BCUT2D eigenvalue weighted by Crippen LogP contribution is -2.37. The normalized spacial score (nSPS) is 18.4. The molecule has 0 atom stereocenters. The lowest BCUT2D eigenvalue weighted by molar-refractivity contribution is -0.190. The lowest BCUT2D eigenvalue weighted by Gasteiger charge is -2.05. The zero-order valence-corrected chi connectivity index (χ0v) is 4.45. The molecule has 0 aromatic heterocycles. The first-order valence-corrected chi connectivity index (χ1v) is 2.13. The Bertz CT molecular complexity index is 188. The Labute approximate surface area is 53.7 Å². The molecule has 1 fully saturated rings. The monoisotopic (exact) mass is 144 g/mol. The van der Waals surface area contributed by atoms with Crippen LogP contribution in [0.1, 0.15) is 0 Å². The average Bonchev–Trinajstić information content (AvgIpc) is 1.84. The van der Waals surface area contributed by atoms with Crippen LogP contribution >= 0.6 is 0 Å². The largest absolute Gasteiger partial charge is 0.426 e. The first kappa shape index (κ1) is 6.40. The number of ether oxygens (including phenoxy) is 2. The van der Waals surface area contributed by atoms with E-state index in [9.17, 15) is 19.2 Å². The van der Waals surface area contributed by atoms with E-state index in [0.29, 0.717) is 0 Å². The molecule has 10 heavy (non-hydrogen) atoms. The van der Waals surface area contributed by atoms with Gasteiger partial charge in [0.25, 0.3) is 0 Å². The zero-order valence-electron chi connectivity index (χ0n) is 4.45. The molecule has 0 saturated carbocycles. The van der Waals surface area contributed by atoms with Crippen LogP contribution in [0.25, 0.3) is 0 Å². The minimum absolute atomic E-state index is 1.47. The molecule has 0 N–H and O–H groups in total. The number of esters is 4. The summed E-state index contributed by atoms with van der Waals surface area (Å²) in [5.74, 6) is -5.87. The molecular weight excluding hydrogens is 144 g/mol. The van der Waals surface area contributed by atoms with E-state index < -0.39 is 23.9 Å². The van der Waals surface area contributed by atoms with E-state index in [2.05, 4.69) is 9.47 Å². The van der Waals surface area contributed by atoms with Crippen molar-refractivity contribution >= 4 is 23.9 Å². The van der Waals surface area contributed by atoms with Gasteiger partial charge in [-0.2, -0.15) is 0 Å². The molecule has 1 saturated heterocycles. The first-order valence-electron chi connectivity index (χ1n) is 2.13. The van der Waals surface area contributed by atoms with Crippen molar-refractivity contribution in [3.63, 3.8) is 0 Å². The third kappa shape index (κ3) is 0.859. The topological polar surface area (TPSA) is 86.7 Å². The van der Waals surface area contributed by atoms with Crippen molar-refractivity contribution in [2.75, 3.05) is 0 Å². The van der Waals surface area contributed by atoms with Gasteiger partial charge in [0.05, 0.1) is 0 Å². The minimum atomic E-state index is -1.47. The molecule has 6 heteroatoms. The quantitative estimate of drug-likeness (QED) is 0.225. The van der Waals surface area contributed by atoms with Gasteiger partial charge in [0, 0.05) is 0 Å². The molecule has 0 aromatic rings. The standard InChI is InChI=1S/C4O6/c5-1-2(6)10-4(8)3(7)9-1. The fourth-order valence-electron chi connectivity index (χ4n) is 0.335. The highest BCUT2D eigenvalue weighted by atomic mass is 16.7. The molecule has 0 amide bonds. The molecule has 1 heterocycles. The Morgan fingerprint density at radius 3 is 1.00 bits per heavy atom. The van der Waals surface area contributed by atoms with Gasteiger partial charge in [-0.3, -0.25) is 0 Å². The number of cyclic esters (lactones) is 4. The summed E-state index contributed by atoms with van der Waals surface area (Å²) in [7, 11) is 0. The summed E-state index contributed by atoms with van der Waals surface area (Å²) in [4.78, 5) is 40.3. The maximum absolute atomic E-state index is 10.1. The van der Waals surface area contributed by atoms with E-state index >= 15 is 0 Å². The number of hydrogen-bond acceptors (Lipinski definition) is 6.